The average Bonchev–Trinajstić information content (AvgIpc) is 3.15. The molecule has 0 amide bonds. The molecule has 7 heteroatoms. The van der Waals surface area contributed by atoms with Gasteiger partial charge in [0, 0.05) is 18.1 Å². The van der Waals surface area contributed by atoms with Gasteiger partial charge in [0.1, 0.15) is 0 Å². The van der Waals surface area contributed by atoms with Crippen molar-refractivity contribution in [3.63, 3.8) is 0 Å². The predicted octanol–water partition coefficient (Wildman–Crippen LogP) is 5.97. The topological polar surface area (TPSA) is 44.0 Å². The van der Waals surface area contributed by atoms with Crippen LogP contribution in [0, 0.1) is 13.8 Å². The second kappa shape index (κ2) is 8.46. The molecule has 0 saturated heterocycles. The molecule has 0 bridgehead atoms. The summed E-state index contributed by atoms with van der Waals surface area (Å²) >= 11 is 9.18. The predicted molar refractivity (Wildman–Crippen MR) is 125 cm³/mol. The fourth-order valence-electron chi connectivity index (χ4n) is 3.63. The minimum absolute atomic E-state index is 0.0581. The molecule has 4 nitrogen and oxygen atoms in total. The smallest absolute Gasteiger partial charge is 0.268 e. The maximum absolute atomic E-state index is 12.6. The molecule has 29 heavy (non-hydrogen) atoms. The van der Waals surface area contributed by atoms with Crippen LogP contribution in [0.25, 0.3) is 20.2 Å². The maximum atomic E-state index is 12.6. The Bertz CT molecular complexity index is 1300. The van der Waals surface area contributed by atoms with E-state index in [4.69, 9.17) is 11.6 Å². The van der Waals surface area contributed by atoms with Crippen LogP contribution in [0.2, 0.25) is 5.02 Å². The van der Waals surface area contributed by atoms with Gasteiger partial charge in [0.25, 0.3) is 11.1 Å². The van der Waals surface area contributed by atoms with Crippen LogP contribution in [0.4, 0.5) is 0 Å². The molecule has 0 N–H and O–H groups in total. The molecule has 0 radical (unpaired) electrons. The third kappa shape index (κ3) is 4.20. The van der Waals surface area contributed by atoms with Gasteiger partial charge in [-0.15, -0.1) is 0 Å². The van der Waals surface area contributed by atoms with Gasteiger partial charge in [-0.1, -0.05) is 53.6 Å². The summed E-state index contributed by atoms with van der Waals surface area (Å²) < 4.78 is 5.80. The standard InChI is InChI=1S/C22H23ClN2O2S2/c1-14-7-8-17-19(11-14)28-24(21(17)26)9-5-3-4-6-10-25-22(27)18-13-16(23)12-15(2)20(18)29-25/h7-8,11-13H,3-6,9-10H2,1-2H3. The first kappa shape index (κ1) is 20.4. The van der Waals surface area contributed by atoms with Gasteiger partial charge >= 0.3 is 0 Å². The Morgan fingerprint density at radius 3 is 2.21 bits per heavy atom. The fraction of sp³-hybridized carbons (Fsp3) is 0.364. The number of unbranched alkanes of at least 4 members (excludes halogenated alkanes) is 3. The Balaban J connectivity index is 1.31. The quantitative estimate of drug-likeness (QED) is 0.328. The molecule has 2 heterocycles. The first-order valence-corrected chi connectivity index (χ1v) is 11.8. The van der Waals surface area contributed by atoms with E-state index >= 15 is 0 Å². The van der Waals surface area contributed by atoms with Gasteiger partial charge in [0.2, 0.25) is 0 Å². The second-order valence-corrected chi connectivity index (χ2v) is 10.0. The molecule has 0 fully saturated rings. The van der Waals surface area contributed by atoms with Gasteiger partial charge in [0.05, 0.1) is 20.2 Å². The van der Waals surface area contributed by atoms with Gasteiger partial charge in [-0.25, -0.2) is 0 Å². The number of aryl methyl sites for hydroxylation is 4. The Labute approximate surface area is 182 Å². The molecule has 0 atom stereocenters. The van der Waals surface area contributed by atoms with Crippen molar-refractivity contribution < 1.29 is 0 Å². The number of rotatable bonds is 7. The molecular weight excluding hydrogens is 424 g/mol. The molecule has 2 aromatic carbocycles. The van der Waals surface area contributed by atoms with E-state index in [9.17, 15) is 9.59 Å². The van der Waals surface area contributed by atoms with Crippen LogP contribution in [0.3, 0.4) is 0 Å². The lowest BCUT2D eigenvalue weighted by atomic mass is 10.2. The molecule has 2 aromatic heterocycles. The molecule has 4 rings (SSSR count). The van der Waals surface area contributed by atoms with E-state index in [-0.39, 0.29) is 11.1 Å². The van der Waals surface area contributed by atoms with Crippen LogP contribution in [0.15, 0.2) is 39.9 Å². The van der Waals surface area contributed by atoms with E-state index in [0.717, 1.165) is 64.5 Å². The normalized spacial score (nSPS) is 11.7. The number of nitrogens with zero attached hydrogens (tertiary/aromatic N) is 2. The molecule has 0 spiro atoms. The van der Waals surface area contributed by atoms with Gasteiger partial charge < -0.3 is 0 Å². The Hall–Kier alpha value is -1.89. The molecule has 0 aliphatic carbocycles. The zero-order valence-electron chi connectivity index (χ0n) is 16.5. The minimum atomic E-state index is 0.0581. The summed E-state index contributed by atoms with van der Waals surface area (Å²) in [6.45, 7) is 5.53. The summed E-state index contributed by atoms with van der Waals surface area (Å²) in [5.41, 5.74) is 2.41. The lowest BCUT2D eigenvalue weighted by Gasteiger charge is -2.02. The first-order chi connectivity index (χ1) is 13.9. The molecule has 4 aromatic rings. The van der Waals surface area contributed by atoms with E-state index < -0.39 is 0 Å². The van der Waals surface area contributed by atoms with Crippen LogP contribution in [0.1, 0.15) is 36.8 Å². The van der Waals surface area contributed by atoms with Crippen molar-refractivity contribution in [1.29, 1.82) is 0 Å². The van der Waals surface area contributed by atoms with Gasteiger partial charge in [0.15, 0.2) is 0 Å². The third-order valence-electron chi connectivity index (χ3n) is 5.17. The Kier molecular flexibility index (Phi) is 5.95. The summed E-state index contributed by atoms with van der Waals surface area (Å²) in [5.74, 6) is 0. The van der Waals surface area contributed by atoms with Gasteiger partial charge in [-0.05, 0) is 62.1 Å². The molecule has 152 valence electrons. The lowest BCUT2D eigenvalue weighted by molar-refractivity contribution is 0.557. The molecule has 0 saturated carbocycles. The van der Waals surface area contributed by atoms with Crippen LogP contribution >= 0.6 is 34.7 Å². The average molecular weight is 447 g/mol. The van der Waals surface area contributed by atoms with Gasteiger partial charge in [-0.2, -0.15) is 0 Å². The monoisotopic (exact) mass is 446 g/mol. The number of fused-ring (bicyclic) bond motifs is 2. The third-order valence-corrected chi connectivity index (χ3v) is 7.79. The lowest BCUT2D eigenvalue weighted by Crippen LogP contribution is -2.13. The Morgan fingerprint density at radius 1 is 0.828 bits per heavy atom. The van der Waals surface area contributed by atoms with Crippen LogP contribution in [-0.2, 0) is 13.1 Å². The summed E-state index contributed by atoms with van der Waals surface area (Å²) in [7, 11) is 0. The zero-order valence-corrected chi connectivity index (χ0v) is 18.9. The maximum Gasteiger partial charge on any atom is 0.268 e. The summed E-state index contributed by atoms with van der Waals surface area (Å²) in [4.78, 5) is 25.0. The van der Waals surface area contributed by atoms with Crippen molar-refractivity contribution in [2.45, 2.75) is 52.6 Å². The molecule has 0 aliphatic heterocycles. The van der Waals surface area contributed by atoms with Crippen LogP contribution in [-0.4, -0.2) is 7.91 Å². The fourth-order valence-corrected chi connectivity index (χ4v) is 6.10. The zero-order chi connectivity index (χ0) is 20.5. The molecule has 0 unspecified atom stereocenters. The number of benzene rings is 2. The van der Waals surface area contributed by atoms with E-state index in [2.05, 4.69) is 6.07 Å². The summed E-state index contributed by atoms with van der Waals surface area (Å²) in [5, 5.41) is 2.16. The highest BCUT2D eigenvalue weighted by Gasteiger charge is 2.11. The van der Waals surface area contributed by atoms with Crippen molar-refractivity contribution in [3.8, 4) is 0 Å². The molecule has 0 aliphatic rings. The van der Waals surface area contributed by atoms with Crippen LogP contribution in [0.5, 0.6) is 0 Å². The van der Waals surface area contributed by atoms with Crippen LogP contribution < -0.4 is 11.1 Å². The van der Waals surface area contributed by atoms with Crippen molar-refractivity contribution >= 4 is 54.8 Å². The number of aromatic nitrogens is 2. The number of halogens is 1. The van der Waals surface area contributed by atoms with Crippen molar-refractivity contribution in [1.82, 2.24) is 7.91 Å². The summed E-state index contributed by atoms with van der Waals surface area (Å²) in [6, 6.07) is 9.67. The number of hydrogen-bond acceptors (Lipinski definition) is 4. The van der Waals surface area contributed by atoms with E-state index in [1.54, 1.807) is 17.6 Å². The SMILES string of the molecule is Cc1ccc2c(=O)n(CCCCCCn3sc4c(C)cc(Cl)cc4c3=O)sc2c1. The number of hydrogen-bond donors (Lipinski definition) is 0. The van der Waals surface area contributed by atoms with Crippen molar-refractivity contribution in [3.05, 3.63) is 67.2 Å². The minimum Gasteiger partial charge on any atom is -0.268 e. The van der Waals surface area contributed by atoms with E-state index in [1.165, 1.54) is 17.1 Å². The first-order valence-electron chi connectivity index (χ1n) is 9.84. The molecular formula is C22H23ClN2O2S2. The van der Waals surface area contributed by atoms with E-state index in [1.807, 2.05) is 40.0 Å². The largest absolute Gasteiger partial charge is 0.268 e. The Morgan fingerprint density at radius 2 is 1.48 bits per heavy atom. The summed E-state index contributed by atoms with van der Waals surface area (Å²) in [6.07, 6.45) is 4.02. The highest BCUT2D eigenvalue weighted by molar-refractivity contribution is 7.14. The van der Waals surface area contributed by atoms with Crippen molar-refractivity contribution in [2.24, 2.45) is 0 Å². The van der Waals surface area contributed by atoms with Crippen molar-refractivity contribution in [2.75, 3.05) is 0 Å². The second-order valence-electron chi connectivity index (χ2n) is 7.51. The highest BCUT2D eigenvalue weighted by atomic mass is 35.5. The van der Waals surface area contributed by atoms with E-state index in [0.29, 0.717) is 5.02 Å². The highest BCUT2D eigenvalue weighted by Crippen LogP contribution is 2.25. The van der Waals surface area contributed by atoms with Gasteiger partial charge in [-0.3, -0.25) is 17.5 Å².